The number of nitrogens with two attached hydrogens (primary N) is 1. The quantitative estimate of drug-likeness (QED) is 0.755. The van der Waals surface area contributed by atoms with Crippen LogP contribution in [0.3, 0.4) is 0 Å². The highest BCUT2D eigenvalue weighted by molar-refractivity contribution is 6.03. The predicted molar refractivity (Wildman–Crippen MR) is 67.6 cm³/mol. The first-order chi connectivity index (χ1) is 7.91. The molecule has 17 heavy (non-hydrogen) atoms. The lowest BCUT2D eigenvalue weighted by Gasteiger charge is -2.12. The number of anilines is 2. The number of hydrogen-bond donors (Lipinski definition) is 2. The first kappa shape index (κ1) is 13.0. The number of allylic oxidation sites excluding steroid dienone is 1. The molecule has 0 aliphatic heterocycles. The maximum atomic E-state index is 11.7. The molecule has 3 N–H and O–H groups in total. The average Bonchev–Trinajstić information content (AvgIpc) is 2.28. The van der Waals surface area contributed by atoms with Gasteiger partial charge in [-0.1, -0.05) is 0 Å². The summed E-state index contributed by atoms with van der Waals surface area (Å²) in [7, 11) is 3.73. The molecule has 0 bridgehead atoms. The third kappa shape index (κ3) is 3.44. The molecule has 0 saturated carbocycles. The number of nitrogens with one attached hydrogen (secondary N) is 1. The lowest BCUT2D eigenvalue weighted by molar-refractivity contribution is -0.112. The number of carbonyl (C=O) groups excluding carboxylic acids is 1. The van der Waals surface area contributed by atoms with Crippen molar-refractivity contribution in [1.29, 1.82) is 0 Å². The third-order valence-electron chi connectivity index (χ3n) is 2.28. The van der Waals surface area contributed by atoms with Crippen LogP contribution in [0, 0.1) is 0 Å². The summed E-state index contributed by atoms with van der Waals surface area (Å²) in [5.41, 5.74) is 6.52. The van der Waals surface area contributed by atoms with Gasteiger partial charge >= 0.3 is 0 Å². The number of hydrogen-bond acceptors (Lipinski definition) is 5. The minimum Gasteiger partial charge on any atom is -0.402 e. The van der Waals surface area contributed by atoms with Crippen LogP contribution < -0.4 is 16.0 Å². The van der Waals surface area contributed by atoms with Crippen molar-refractivity contribution in [3.05, 3.63) is 23.7 Å². The fourth-order valence-corrected chi connectivity index (χ4v) is 1.05. The van der Waals surface area contributed by atoms with Gasteiger partial charge in [0.05, 0.1) is 0 Å². The highest BCUT2D eigenvalue weighted by Gasteiger charge is 2.08. The van der Waals surface area contributed by atoms with Crippen LogP contribution in [0.2, 0.25) is 0 Å². The molecule has 1 aromatic rings. The molecule has 0 fully saturated rings. The van der Waals surface area contributed by atoms with Crippen LogP contribution >= 0.6 is 0 Å². The summed E-state index contributed by atoms with van der Waals surface area (Å²) in [5.74, 6) is 0.920. The summed E-state index contributed by atoms with van der Waals surface area (Å²) >= 11 is 0. The second-order valence-electron chi connectivity index (χ2n) is 3.92. The summed E-state index contributed by atoms with van der Waals surface area (Å²) in [6.07, 6.45) is 1.40. The minimum atomic E-state index is -0.256. The Labute approximate surface area is 101 Å². The number of amides is 1. The molecule has 0 saturated heterocycles. The molecular formula is C11H17N5O. The maximum absolute atomic E-state index is 11.7. The Bertz CT molecular complexity index is 449. The Hall–Kier alpha value is -2.11. The molecule has 0 aliphatic rings. The maximum Gasteiger partial charge on any atom is 0.254 e. The van der Waals surface area contributed by atoms with Crippen molar-refractivity contribution < 1.29 is 4.79 Å². The lowest BCUT2D eigenvalue weighted by atomic mass is 10.2. The van der Waals surface area contributed by atoms with Gasteiger partial charge in [-0.2, -0.15) is 0 Å². The predicted octanol–water partition coefficient (Wildman–Crippen LogP) is 0.734. The van der Waals surface area contributed by atoms with Crippen LogP contribution in [0.25, 0.3) is 0 Å². The molecule has 1 rings (SSSR count). The smallest absolute Gasteiger partial charge is 0.254 e. The molecule has 0 radical (unpaired) electrons. The molecule has 1 heterocycles. The van der Waals surface area contributed by atoms with E-state index >= 15 is 0 Å². The summed E-state index contributed by atoms with van der Waals surface area (Å²) in [4.78, 5) is 21.6. The second kappa shape index (κ2) is 5.29. The van der Waals surface area contributed by atoms with Crippen LogP contribution in [0.4, 0.5) is 11.6 Å². The molecule has 1 amide bonds. The minimum absolute atomic E-state index is 0.256. The van der Waals surface area contributed by atoms with E-state index in [9.17, 15) is 4.79 Å². The first-order valence-corrected chi connectivity index (χ1v) is 5.15. The van der Waals surface area contributed by atoms with E-state index < -0.39 is 0 Å². The zero-order chi connectivity index (χ0) is 13.0. The van der Waals surface area contributed by atoms with Crippen LogP contribution in [0.5, 0.6) is 0 Å². The Balaban J connectivity index is 2.86. The van der Waals surface area contributed by atoms with Gasteiger partial charge in [0.25, 0.3) is 5.91 Å². The summed E-state index contributed by atoms with van der Waals surface area (Å²) < 4.78 is 0. The molecule has 0 atom stereocenters. The molecule has 0 aliphatic carbocycles. The topological polar surface area (TPSA) is 84.1 Å². The van der Waals surface area contributed by atoms with Crippen molar-refractivity contribution in [2.75, 3.05) is 24.3 Å². The number of aromatic nitrogens is 2. The SMILES string of the molecule is CC(N)=C(C)C(=O)Nc1cc(N(C)C)ncn1. The molecule has 92 valence electrons. The summed E-state index contributed by atoms with van der Waals surface area (Å²) in [6.45, 7) is 3.35. The molecular weight excluding hydrogens is 218 g/mol. The number of nitrogens with zero attached hydrogens (tertiary/aromatic N) is 3. The average molecular weight is 235 g/mol. The van der Waals surface area contributed by atoms with Crippen LogP contribution in [-0.2, 0) is 4.79 Å². The van der Waals surface area contributed by atoms with E-state index in [-0.39, 0.29) is 5.91 Å². The Morgan fingerprint density at radius 1 is 1.35 bits per heavy atom. The van der Waals surface area contributed by atoms with E-state index in [1.807, 2.05) is 19.0 Å². The molecule has 0 spiro atoms. The van der Waals surface area contributed by atoms with Gasteiger partial charge < -0.3 is 16.0 Å². The van der Waals surface area contributed by atoms with Crippen molar-refractivity contribution in [2.45, 2.75) is 13.8 Å². The van der Waals surface area contributed by atoms with Crippen LogP contribution in [-0.4, -0.2) is 30.0 Å². The molecule has 6 nitrogen and oxygen atoms in total. The van der Waals surface area contributed by atoms with E-state index in [1.54, 1.807) is 19.9 Å². The summed E-state index contributed by atoms with van der Waals surface area (Å²) in [5, 5.41) is 2.66. The fourth-order valence-electron chi connectivity index (χ4n) is 1.05. The van der Waals surface area contributed by atoms with Gasteiger partial charge in [-0.05, 0) is 13.8 Å². The van der Waals surface area contributed by atoms with Crippen LogP contribution in [0.15, 0.2) is 23.7 Å². The zero-order valence-corrected chi connectivity index (χ0v) is 10.5. The van der Waals surface area contributed by atoms with E-state index in [2.05, 4.69) is 15.3 Å². The van der Waals surface area contributed by atoms with Crippen molar-refractivity contribution in [1.82, 2.24) is 9.97 Å². The van der Waals surface area contributed by atoms with Gasteiger partial charge in [-0.15, -0.1) is 0 Å². The van der Waals surface area contributed by atoms with Crippen molar-refractivity contribution >= 4 is 17.5 Å². The molecule has 6 heteroatoms. The zero-order valence-electron chi connectivity index (χ0n) is 10.5. The summed E-state index contributed by atoms with van der Waals surface area (Å²) in [6, 6.07) is 1.69. The van der Waals surface area contributed by atoms with Gasteiger partial charge in [0.15, 0.2) is 0 Å². The first-order valence-electron chi connectivity index (χ1n) is 5.15. The normalized spacial score (nSPS) is 11.8. The van der Waals surface area contributed by atoms with Gasteiger partial charge in [0.1, 0.15) is 18.0 Å². The lowest BCUT2D eigenvalue weighted by Crippen LogP contribution is -2.18. The highest BCUT2D eigenvalue weighted by atomic mass is 16.1. The Morgan fingerprint density at radius 2 is 2.00 bits per heavy atom. The van der Waals surface area contributed by atoms with E-state index in [0.717, 1.165) is 5.82 Å². The van der Waals surface area contributed by atoms with Gasteiger partial charge in [-0.3, -0.25) is 4.79 Å². The molecule has 0 aromatic carbocycles. The van der Waals surface area contributed by atoms with Gasteiger partial charge in [0.2, 0.25) is 0 Å². The fraction of sp³-hybridized carbons (Fsp3) is 0.364. The molecule has 0 unspecified atom stereocenters. The highest BCUT2D eigenvalue weighted by Crippen LogP contribution is 2.12. The van der Waals surface area contributed by atoms with Gasteiger partial charge in [-0.25, -0.2) is 9.97 Å². The van der Waals surface area contributed by atoms with Crippen molar-refractivity contribution in [2.24, 2.45) is 5.73 Å². The molecule has 1 aromatic heterocycles. The standard InChI is InChI=1S/C11H17N5O/c1-7(8(2)12)11(17)15-9-5-10(16(3)4)14-6-13-9/h5-6H,12H2,1-4H3,(H,13,14,15,17). The Kier molecular flexibility index (Phi) is 4.03. The monoisotopic (exact) mass is 235 g/mol. The van der Waals surface area contributed by atoms with E-state index in [0.29, 0.717) is 17.1 Å². The largest absolute Gasteiger partial charge is 0.402 e. The third-order valence-corrected chi connectivity index (χ3v) is 2.28. The van der Waals surface area contributed by atoms with E-state index in [4.69, 9.17) is 5.73 Å². The van der Waals surface area contributed by atoms with Crippen LogP contribution in [0.1, 0.15) is 13.8 Å². The Morgan fingerprint density at radius 3 is 2.53 bits per heavy atom. The van der Waals surface area contributed by atoms with Crippen molar-refractivity contribution in [3.63, 3.8) is 0 Å². The van der Waals surface area contributed by atoms with Gasteiger partial charge in [0, 0.05) is 31.4 Å². The number of carbonyl (C=O) groups is 1. The number of rotatable bonds is 3. The second-order valence-corrected chi connectivity index (χ2v) is 3.92. The van der Waals surface area contributed by atoms with Crippen molar-refractivity contribution in [3.8, 4) is 0 Å². The van der Waals surface area contributed by atoms with E-state index in [1.165, 1.54) is 6.33 Å².